The Kier molecular flexibility index (Phi) is 3.03. The summed E-state index contributed by atoms with van der Waals surface area (Å²) in [5.74, 6) is 0.692. The first kappa shape index (κ1) is 12.5. The molecule has 0 bridgehead atoms. The second kappa shape index (κ2) is 4.85. The van der Waals surface area contributed by atoms with Crippen molar-refractivity contribution in [2.24, 2.45) is 7.05 Å². The van der Waals surface area contributed by atoms with Crippen molar-refractivity contribution >= 4 is 32.9 Å². The highest BCUT2D eigenvalue weighted by Gasteiger charge is 2.20. The maximum Gasteiger partial charge on any atom is 0.319 e. The topological polar surface area (TPSA) is 98.8 Å². The highest BCUT2D eigenvalue weighted by molar-refractivity contribution is 7.16. The quantitative estimate of drug-likeness (QED) is 0.582. The molecule has 9 heteroatoms. The number of benzene rings is 1. The van der Waals surface area contributed by atoms with Crippen molar-refractivity contribution in [1.29, 1.82) is 0 Å². The largest absolute Gasteiger partial charge is 0.372 e. The van der Waals surface area contributed by atoms with Gasteiger partial charge in [-0.1, -0.05) is 0 Å². The maximum atomic E-state index is 11.3. The van der Waals surface area contributed by atoms with Crippen LogP contribution in [0.3, 0.4) is 0 Å². The number of nitro benzene ring substituents is 1. The number of aryl methyl sites for hydroxylation is 1. The first-order chi connectivity index (χ1) is 9.66. The number of hydrogen-bond donors (Lipinski definition) is 1. The zero-order valence-electron chi connectivity index (χ0n) is 10.5. The predicted molar refractivity (Wildman–Crippen MR) is 74.6 cm³/mol. The summed E-state index contributed by atoms with van der Waals surface area (Å²) in [7, 11) is 1.81. The van der Waals surface area contributed by atoms with Crippen LogP contribution in [0.15, 0.2) is 24.0 Å². The number of nitro groups is 1. The Morgan fingerprint density at radius 1 is 1.50 bits per heavy atom. The lowest BCUT2D eigenvalue weighted by atomic mass is 10.2. The van der Waals surface area contributed by atoms with E-state index in [4.69, 9.17) is 0 Å². The monoisotopic (exact) mass is 290 g/mol. The molecule has 2 aromatic heterocycles. The number of aromatic nitrogens is 4. The van der Waals surface area contributed by atoms with Crippen LogP contribution in [0.1, 0.15) is 5.82 Å². The fourth-order valence-corrected chi connectivity index (χ4v) is 2.57. The second-order valence-electron chi connectivity index (χ2n) is 4.13. The summed E-state index contributed by atoms with van der Waals surface area (Å²) < 4.78 is 2.54. The molecule has 0 aliphatic rings. The standard InChI is InChI=1S/C11H10N6O2S/c1-16-5-14-15-9(16)4-12-7-2-3-8-10(13-6-20-8)11(7)17(18)19/h2-3,5-6,12H,4H2,1H3. The molecule has 0 fully saturated rings. The lowest BCUT2D eigenvalue weighted by molar-refractivity contribution is -0.382. The van der Waals surface area contributed by atoms with E-state index in [9.17, 15) is 10.1 Å². The Morgan fingerprint density at radius 2 is 2.35 bits per heavy atom. The third-order valence-electron chi connectivity index (χ3n) is 2.90. The van der Waals surface area contributed by atoms with Crippen molar-refractivity contribution in [2.75, 3.05) is 5.32 Å². The van der Waals surface area contributed by atoms with Gasteiger partial charge >= 0.3 is 5.69 Å². The molecule has 2 heterocycles. The molecular weight excluding hydrogens is 280 g/mol. The fraction of sp³-hybridized carbons (Fsp3) is 0.182. The number of hydrogen-bond acceptors (Lipinski definition) is 7. The molecule has 8 nitrogen and oxygen atoms in total. The molecule has 0 saturated carbocycles. The van der Waals surface area contributed by atoms with Gasteiger partial charge in [-0.05, 0) is 12.1 Å². The van der Waals surface area contributed by atoms with E-state index >= 15 is 0 Å². The van der Waals surface area contributed by atoms with Gasteiger partial charge < -0.3 is 9.88 Å². The Labute approximate surface area is 117 Å². The molecule has 0 saturated heterocycles. The number of nitrogens with one attached hydrogen (secondary N) is 1. The fourth-order valence-electron chi connectivity index (χ4n) is 1.89. The first-order valence-corrected chi connectivity index (χ1v) is 6.62. The van der Waals surface area contributed by atoms with E-state index in [2.05, 4.69) is 20.5 Å². The van der Waals surface area contributed by atoms with Crippen LogP contribution < -0.4 is 5.32 Å². The maximum absolute atomic E-state index is 11.3. The number of rotatable bonds is 4. The van der Waals surface area contributed by atoms with E-state index in [0.29, 0.717) is 23.6 Å². The summed E-state index contributed by atoms with van der Waals surface area (Å²) in [6.07, 6.45) is 1.58. The van der Waals surface area contributed by atoms with Crippen molar-refractivity contribution in [3.05, 3.63) is 39.9 Å². The SMILES string of the molecule is Cn1cnnc1CNc1ccc2scnc2c1[N+](=O)[O-]. The molecule has 0 atom stereocenters. The molecule has 1 aromatic carbocycles. The van der Waals surface area contributed by atoms with Crippen LogP contribution in [0, 0.1) is 10.1 Å². The highest BCUT2D eigenvalue weighted by atomic mass is 32.1. The van der Waals surface area contributed by atoms with E-state index in [-0.39, 0.29) is 5.69 Å². The van der Waals surface area contributed by atoms with E-state index in [1.165, 1.54) is 11.3 Å². The van der Waals surface area contributed by atoms with Gasteiger partial charge in [0.25, 0.3) is 0 Å². The van der Waals surface area contributed by atoms with Gasteiger partial charge in [0.2, 0.25) is 0 Å². The minimum atomic E-state index is -0.416. The van der Waals surface area contributed by atoms with Crippen molar-refractivity contribution in [2.45, 2.75) is 6.54 Å². The zero-order chi connectivity index (χ0) is 14.1. The molecule has 0 spiro atoms. The first-order valence-electron chi connectivity index (χ1n) is 5.74. The molecule has 3 aromatic rings. The Bertz CT molecular complexity index is 780. The third-order valence-corrected chi connectivity index (χ3v) is 3.69. The Hall–Kier alpha value is -2.55. The van der Waals surface area contributed by atoms with Gasteiger partial charge in [0.05, 0.1) is 21.7 Å². The average Bonchev–Trinajstić information content (AvgIpc) is 3.03. The summed E-state index contributed by atoms with van der Waals surface area (Å²) in [5, 5.41) is 22.0. The highest BCUT2D eigenvalue weighted by Crippen LogP contribution is 2.34. The van der Waals surface area contributed by atoms with Gasteiger partial charge in [-0.2, -0.15) is 0 Å². The normalized spacial score (nSPS) is 10.8. The van der Waals surface area contributed by atoms with Crippen LogP contribution in [0.4, 0.5) is 11.4 Å². The van der Waals surface area contributed by atoms with Crippen molar-refractivity contribution in [1.82, 2.24) is 19.7 Å². The van der Waals surface area contributed by atoms with E-state index in [0.717, 1.165) is 4.70 Å². The van der Waals surface area contributed by atoms with Crippen LogP contribution in [-0.2, 0) is 13.6 Å². The summed E-state index contributed by atoms with van der Waals surface area (Å²) in [4.78, 5) is 14.9. The number of thiazole rings is 1. The van der Waals surface area contributed by atoms with Crippen LogP contribution in [0.25, 0.3) is 10.2 Å². The second-order valence-corrected chi connectivity index (χ2v) is 5.02. The summed E-state index contributed by atoms with van der Waals surface area (Å²) in [5.41, 5.74) is 2.43. The molecule has 20 heavy (non-hydrogen) atoms. The van der Waals surface area contributed by atoms with Gasteiger partial charge in [0.1, 0.15) is 12.0 Å². The summed E-state index contributed by atoms with van der Waals surface area (Å²) in [6, 6.07) is 3.51. The Morgan fingerprint density at radius 3 is 3.05 bits per heavy atom. The number of fused-ring (bicyclic) bond motifs is 1. The van der Waals surface area contributed by atoms with Gasteiger partial charge in [-0.15, -0.1) is 21.5 Å². The van der Waals surface area contributed by atoms with Crippen molar-refractivity contribution in [3.8, 4) is 0 Å². The molecule has 0 aliphatic heterocycles. The lowest BCUT2D eigenvalue weighted by Gasteiger charge is -2.06. The lowest BCUT2D eigenvalue weighted by Crippen LogP contribution is -2.07. The van der Waals surface area contributed by atoms with Gasteiger partial charge in [-0.3, -0.25) is 10.1 Å². The smallest absolute Gasteiger partial charge is 0.319 e. The molecule has 0 unspecified atom stereocenters. The minimum Gasteiger partial charge on any atom is -0.372 e. The van der Waals surface area contributed by atoms with E-state index in [1.807, 2.05) is 13.1 Å². The van der Waals surface area contributed by atoms with Gasteiger partial charge in [-0.25, -0.2) is 4.98 Å². The van der Waals surface area contributed by atoms with Crippen LogP contribution >= 0.6 is 11.3 Å². The van der Waals surface area contributed by atoms with Gasteiger partial charge in [0.15, 0.2) is 11.3 Å². The van der Waals surface area contributed by atoms with Crippen LogP contribution in [-0.4, -0.2) is 24.7 Å². The van der Waals surface area contributed by atoms with E-state index in [1.54, 1.807) is 22.5 Å². The minimum absolute atomic E-state index is 0.00841. The van der Waals surface area contributed by atoms with Crippen molar-refractivity contribution in [3.63, 3.8) is 0 Å². The van der Waals surface area contributed by atoms with Crippen molar-refractivity contribution < 1.29 is 4.92 Å². The molecule has 0 aliphatic carbocycles. The summed E-state index contributed by atoms with van der Waals surface area (Å²) >= 11 is 1.38. The van der Waals surface area contributed by atoms with Crippen LogP contribution in [0.5, 0.6) is 0 Å². The Balaban J connectivity index is 1.96. The zero-order valence-corrected chi connectivity index (χ0v) is 11.3. The molecule has 102 valence electrons. The molecule has 1 N–H and O–H groups in total. The van der Waals surface area contributed by atoms with E-state index < -0.39 is 4.92 Å². The molecule has 3 rings (SSSR count). The molecule has 0 radical (unpaired) electrons. The predicted octanol–water partition coefficient (Wildman–Crippen LogP) is 1.95. The van der Waals surface area contributed by atoms with Gasteiger partial charge in [0, 0.05) is 7.05 Å². The number of nitrogens with zero attached hydrogens (tertiary/aromatic N) is 5. The van der Waals surface area contributed by atoms with Crippen LogP contribution in [0.2, 0.25) is 0 Å². The third kappa shape index (κ3) is 2.07. The summed E-state index contributed by atoms with van der Waals surface area (Å²) in [6.45, 7) is 0.354. The average molecular weight is 290 g/mol. The number of anilines is 1. The molecular formula is C11H10N6O2S. The molecule has 0 amide bonds.